The van der Waals surface area contributed by atoms with Crippen LogP contribution in [0.15, 0.2) is 0 Å². The third-order valence-corrected chi connectivity index (χ3v) is 5.18. The van der Waals surface area contributed by atoms with Crippen LogP contribution in [0.25, 0.3) is 0 Å². The third kappa shape index (κ3) is 3.02. The van der Waals surface area contributed by atoms with Crippen LogP contribution in [0.2, 0.25) is 0 Å². The molecule has 0 heteroatoms. The topological polar surface area (TPSA) is 0 Å². The average Bonchev–Trinajstić information content (AvgIpc) is 2.76. The molecular weight excluding hydrogens is 192 g/mol. The van der Waals surface area contributed by atoms with E-state index in [9.17, 15) is 0 Å². The Bertz CT molecular complexity index is 208. The zero-order valence-electron chi connectivity index (χ0n) is 11.5. The average molecular weight is 222 g/mol. The summed E-state index contributed by atoms with van der Waals surface area (Å²) in [7, 11) is 0. The molecule has 2 saturated carbocycles. The normalized spacial score (nSPS) is 44.1. The van der Waals surface area contributed by atoms with Gasteiger partial charge in [-0.1, -0.05) is 46.5 Å². The van der Waals surface area contributed by atoms with Crippen molar-refractivity contribution in [2.75, 3.05) is 0 Å². The highest BCUT2D eigenvalue weighted by Crippen LogP contribution is 2.45. The fourth-order valence-electron chi connectivity index (χ4n) is 4.49. The van der Waals surface area contributed by atoms with Crippen LogP contribution in [-0.2, 0) is 0 Å². The second-order valence-electron chi connectivity index (χ2n) is 6.91. The Morgan fingerprint density at radius 3 is 2.25 bits per heavy atom. The molecule has 0 amide bonds. The van der Waals surface area contributed by atoms with Crippen molar-refractivity contribution in [3.8, 4) is 0 Å². The Morgan fingerprint density at radius 2 is 1.62 bits per heavy atom. The molecule has 2 fully saturated rings. The van der Waals surface area contributed by atoms with E-state index in [0.717, 1.165) is 29.6 Å². The van der Waals surface area contributed by atoms with Gasteiger partial charge in [0, 0.05) is 0 Å². The monoisotopic (exact) mass is 222 g/mol. The minimum atomic E-state index is 1.01. The maximum atomic E-state index is 2.47. The van der Waals surface area contributed by atoms with Crippen LogP contribution in [0.5, 0.6) is 0 Å². The predicted molar refractivity (Wildman–Crippen MR) is 71.4 cm³/mol. The molecule has 0 radical (unpaired) electrons. The fourth-order valence-corrected chi connectivity index (χ4v) is 4.49. The van der Waals surface area contributed by atoms with E-state index in [-0.39, 0.29) is 0 Å². The Labute approximate surface area is 102 Å². The minimum Gasteiger partial charge on any atom is -0.0654 e. The first-order valence-corrected chi connectivity index (χ1v) is 7.69. The highest BCUT2D eigenvalue weighted by atomic mass is 14.4. The summed E-state index contributed by atoms with van der Waals surface area (Å²) in [6.07, 6.45) is 12.1. The molecule has 0 aromatic heterocycles. The molecule has 0 N–H and O–H groups in total. The van der Waals surface area contributed by atoms with Crippen LogP contribution in [0.4, 0.5) is 0 Å². The van der Waals surface area contributed by atoms with Crippen molar-refractivity contribution in [1.82, 2.24) is 0 Å². The quantitative estimate of drug-likeness (QED) is 0.607. The lowest BCUT2D eigenvalue weighted by Crippen LogP contribution is -2.12. The molecule has 16 heavy (non-hydrogen) atoms. The van der Waals surface area contributed by atoms with Gasteiger partial charge >= 0.3 is 0 Å². The molecule has 5 atom stereocenters. The number of rotatable bonds is 4. The Hall–Kier alpha value is 0. The van der Waals surface area contributed by atoms with Crippen molar-refractivity contribution >= 4 is 0 Å². The van der Waals surface area contributed by atoms with Crippen LogP contribution >= 0.6 is 0 Å². The van der Waals surface area contributed by atoms with Crippen LogP contribution in [0, 0.1) is 29.6 Å². The molecule has 5 unspecified atom stereocenters. The van der Waals surface area contributed by atoms with Crippen LogP contribution in [0.1, 0.15) is 72.1 Å². The zero-order valence-corrected chi connectivity index (χ0v) is 11.5. The molecule has 0 bridgehead atoms. The predicted octanol–water partition coefficient (Wildman–Crippen LogP) is 5.28. The van der Waals surface area contributed by atoms with Gasteiger partial charge in [-0.2, -0.15) is 0 Å². The molecule has 2 aliphatic rings. The zero-order chi connectivity index (χ0) is 11.5. The van der Waals surface area contributed by atoms with E-state index in [1.165, 1.54) is 44.9 Å². The first kappa shape index (κ1) is 12.5. The standard InChI is InChI=1S/C16H30/c1-4-5-15-9-13(3)10-16(15)11-14-7-6-12(2)8-14/h12-16H,4-11H2,1-3H3. The van der Waals surface area contributed by atoms with Gasteiger partial charge in [-0.15, -0.1) is 0 Å². The van der Waals surface area contributed by atoms with Gasteiger partial charge in [0.05, 0.1) is 0 Å². The molecule has 0 aromatic carbocycles. The summed E-state index contributed by atoms with van der Waals surface area (Å²) >= 11 is 0. The summed E-state index contributed by atoms with van der Waals surface area (Å²) in [5.41, 5.74) is 0. The second kappa shape index (κ2) is 5.56. The van der Waals surface area contributed by atoms with Gasteiger partial charge in [0.2, 0.25) is 0 Å². The van der Waals surface area contributed by atoms with Crippen molar-refractivity contribution in [2.24, 2.45) is 29.6 Å². The molecule has 2 rings (SSSR count). The van der Waals surface area contributed by atoms with Crippen LogP contribution in [0.3, 0.4) is 0 Å². The van der Waals surface area contributed by atoms with Gasteiger partial charge < -0.3 is 0 Å². The summed E-state index contributed by atoms with van der Waals surface area (Å²) in [5, 5.41) is 0. The van der Waals surface area contributed by atoms with E-state index < -0.39 is 0 Å². The van der Waals surface area contributed by atoms with Crippen molar-refractivity contribution in [3.63, 3.8) is 0 Å². The third-order valence-electron chi connectivity index (χ3n) is 5.18. The van der Waals surface area contributed by atoms with Crippen molar-refractivity contribution in [3.05, 3.63) is 0 Å². The molecule has 0 nitrogen and oxygen atoms in total. The lowest BCUT2D eigenvalue weighted by molar-refractivity contribution is 0.287. The summed E-state index contributed by atoms with van der Waals surface area (Å²) in [5.74, 6) is 5.29. The first-order chi connectivity index (χ1) is 7.69. The van der Waals surface area contributed by atoms with Gasteiger partial charge in [-0.3, -0.25) is 0 Å². The van der Waals surface area contributed by atoms with E-state index in [1.807, 2.05) is 0 Å². The molecule has 94 valence electrons. The van der Waals surface area contributed by atoms with E-state index in [4.69, 9.17) is 0 Å². The second-order valence-corrected chi connectivity index (χ2v) is 6.91. The van der Waals surface area contributed by atoms with Gasteiger partial charge in [0.1, 0.15) is 0 Å². The van der Waals surface area contributed by atoms with Gasteiger partial charge in [0.25, 0.3) is 0 Å². The molecule has 2 aliphatic carbocycles. The Morgan fingerprint density at radius 1 is 0.875 bits per heavy atom. The first-order valence-electron chi connectivity index (χ1n) is 7.69. The van der Waals surface area contributed by atoms with Crippen molar-refractivity contribution in [2.45, 2.75) is 72.1 Å². The molecule has 0 heterocycles. The maximum Gasteiger partial charge on any atom is -0.0381 e. The molecule has 0 saturated heterocycles. The highest BCUT2D eigenvalue weighted by Gasteiger charge is 2.34. The van der Waals surface area contributed by atoms with Gasteiger partial charge in [-0.25, -0.2) is 0 Å². The van der Waals surface area contributed by atoms with Crippen molar-refractivity contribution < 1.29 is 0 Å². The summed E-state index contributed by atoms with van der Waals surface area (Å²) in [6, 6.07) is 0. The van der Waals surface area contributed by atoms with E-state index in [2.05, 4.69) is 20.8 Å². The SMILES string of the molecule is CCCC1CC(C)CC1CC1CCC(C)C1. The lowest BCUT2D eigenvalue weighted by Gasteiger charge is -2.22. The minimum absolute atomic E-state index is 1.01. The maximum absolute atomic E-state index is 2.47. The molecule has 0 aliphatic heterocycles. The van der Waals surface area contributed by atoms with Crippen LogP contribution < -0.4 is 0 Å². The van der Waals surface area contributed by atoms with Gasteiger partial charge in [-0.05, 0) is 55.3 Å². The van der Waals surface area contributed by atoms with E-state index in [0.29, 0.717) is 0 Å². The number of hydrogen-bond donors (Lipinski definition) is 0. The summed E-state index contributed by atoms with van der Waals surface area (Å²) < 4.78 is 0. The van der Waals surface area contributed by atoms with Gasteiger partial charge in [0.15, 0.2) is 0 Å². The van der Waals surface area contributed by atoms with E-state index in [1.54, 1.807) is 6.42 Å². The van der Waals surface area contributed by atoms with Crippen molar-refractivity contribution in [1.29, 1.82) is 0 Å². The Balaban J connectivity index is 1.82. The molecular formula is C16H30. The largest absolute Gasteiger partial charge is 0.0654 e. The molecule has 0 aromatic rings. The summed E-state index contributed by atoms with van der Waals surface area (Å²) in [4.78, 5) is 0. The summed E-state index contributed by atoms with van der Waals surface area (Å²) in [6.45, 7) is 7.28. The lowest BCUT2D eigenvalue weighted by atomic mass is 9.84. The number of hydrogen-bond acceptors (Lipinski definition) is 0. The highest BCUT2D eigenvalue weighted by molar-refractivity contribution is 4.85. The van der Waals surface area contributed by atoms with Crippen LogP contribution in [-0.4, -0.2) is 0 Å². The fraction of sp³-hybridized carbons (Fsp3) is 1.00. The Kier molecular flexibility index (Phi) is 4.33. The molecule has 0 spiro atoms. The van der Waals surface area contributed by atoms with E-state index >= 15 is 0 Å². The smallest absolute Gasteiger partial charge is 0.0381 e.